The summed E-state index contributed by atoms with van der Waals surface area (Å²) in [7, 11) is 0. The highest BCUT2D eigenvalue weighted by Crippen LogP contribution is 2.23. The Morgan fingerprint density at radius 3 is 2.59 bits per heavy atom. The van der Waals surface area contributed by atoms with Gasteiger partial charge >= 0.3 is 6.09 Å². The number of aromatic nitrogens is 3. The Hall–Kier alpha value is -2.64. The van der Waals surface area contributed by atoms with Crippen LogP contribution < -0.4 is 0 Å². The van der Waals surface area contributed by atoms with Gasteiger partial charge in [0, 0.05) is 49.6 Å². The number of hydrogen-bond donors (Lipinski definition) is 0. The Bertz CT molecular complexity index is 1040. The maximum Gasteiger partial charge on any atom is 0.410 e. The molecule has 0 radical (unpaired) electrons. The normalized spacial score (nSPS) is 16.9. The maximum atomic E-state index is 13.1. The van der Waals surface area contributed by atoms with Gasteiger partial charge in [0.15, 0.2) is 5.65 Å². The largest absolute Gasteiger partial charge is 0.444 e. The number of aryl methyl sites for hydroxylation is 3. The average molecular weight is 472 g/mol. The number of rotatable bonds is 6. The van der Waals surface area contributed by atoms with Gasteiger partial charge in [0.2, 0.25) is 5.91 Å². The average Bonchev–Trinajstić information content (AvgIpc) is 3.10. The van der Waals surface area contributed by atoms with Gasteiger partial charge in [0.05, 0.1) is 5.69 Å². The quantitative estimate of drug-likeness (QED) is 0.621. The third kappa shape index (κ3) is 6.27. The molecule has 3 heterocycles. The first-order valence-electron chi connectivity index (χ1n) is 12.5. The van der Waals surface area contributed by atoms with Crippen molar-refractivity contribution in [1.82, 2.24) is 24.4 Å². The lowest BCUT2D eigenvalue weighted by molar-refractivity contribution is -0.133. The molecular formula is C26H41N5O3. The molecular weight excluding hydrogens is 430 g/mol. The Labute approximate surface area is 203 Å². The number of piperidine rings is 1. The summed E-state index contributed by atoms with van der Waals surface area (Å²) in [5.74, 6) is 0.412. The molecule has 1 aliphatic rings. The highest BCUT2D eigenvalue weighted by molar-refractivity contribution is 5.76. The maximum absolute atomic E-state index is 13.1. The molecule has 1 atom stereocenters. The first-order valence-corrected chi connectivity index (χ1v) is 12.5. The van der Waals surface area contributed by atoms with Gasteiger partial charge in [0.1, 0.15) is 5.60 Å². The zero-order valence-corrected chi connectivity index (χ0v) is 22.1. The number of carbonyl (C=O) groups is 2. The molecule has 1 fully saturated rings. The molecule has 1 unspecified atom stereocenters. The van der Waals surface area contributed by atoms with E-state index in [4.69, 9.17) is 4.74 Å². The Balaban J connectivity index is 1.62. The van der Waals surface area contributed by atoms with Crippen molar-refractivity contribution >= 4 is 17.6 Å². The van der Waals surface area contributed by atoms with Crippen molar-refractivity contribution in [3.05, 3.63) is 28.7 Å². The van der Waals surface area contributed by atoms with Gasteiger partial charge in [-0.3, -0.25) is 4.79 Å². The summed E-state index contributed by atoms with van der Waals surface area (Å²) >= 11 is 0. The van der Waals surface area contributed by atoms with Crippen LogP contribution in [0.2, 0.25) is 0 Å². The number of fused-ring (bicyclic) bond motifs is 1. The number of hydrogen-bond acceptors (Lipinski definition) is 5. The third-order valence-corrected chi connectivity index (χ3v) is 6.45. The van der Waals surface area contributed by atoms with E-state index in [0.717, 1.165) is 47.7 Å². The van der Waals surface area contributed by atoms with E-state index in [1.54, 1.807) is 4.90 Å². The van der Waals surface area contributed by atoms with E-state index >= 15 is 0 Å². The molecule has 8 heteroatoms. The van der Waals surface area contributed by atoms with Crippen molar-refractivity contribution in [2.45, 2.75) is 92.7 Å². The Morgan fingerprint density at radius 1 is 1.24 bits per heavy atom. The smallest absolute Gasteiger partial charge is 0.410 e. The van der Waals surface area contributed by atoms with Gasteiger partial charge in [-0.05, 0) is 86.1 Å². The minimum Gasteiger partial charge on any atom is -0.444 e. The van der Waals surface area contributed by atoms with Crippen molar-refractivity contribution in [2.24, 2.45) is 5.92 Å². The predicted molar refractivity (Wildman–Crippen MR) is 133 cm³/mol. The number of amides is 2. The standard InChI is InChI=1S/C26H41N5O3/c1-17(2)30(25(33)34-26(6,7)8)16-21-10-9-13-29(15-21)24(32)12-11-22-19(4)27-23-14-18(3)28-31(23)20(22)5/h14,17,21H,9-13,15-16H2,1-8H3. The zero-order chi connectivity index (χ0) is 25.2. The van der Waals surface area contributed by atoms with Crippen LogP contribution in [0.15, 0.2) is 6.07 Å². The number of carbonyl (C=O) groups excluding carboxylic acids is 2. The molecule has 2 aromatic rings. The fourth-order valence-electron chi connectivity index (χ4n) is 4.73. The van der Waals surface area contributed by atoms with Gasteiger partial charge in [0.25, 0.3) is 0 Å². The lowest BCUT2D eigenvalue weighted by atomic mass is 9.96. The lowest BCUT2D eigenvalue weighted by Crippen LogP contribution is -2.48. The van der Waals surface area contributed by atoms with E-state index in [1.165, 1.54) is 0 Å². The van der Waals surface area contributed by atoms with Gasteiger partial charge < -0.3 is 14.5 Å². The minimum absolute atomic E-state index is 0.0419. The molecule has 1 saturated heterocycles. The molecule has 34 heavy (non-hydrogen) atoms. The van der Waals surface area contributed by atoms with Crippen molar-refractivity contribution in [2.75, 3.05) is 19.6 Å². The zero-order valence-electron chi connectivity index (χ0n) is 22.1. The SMILES string of the molecule is Cc1cc2nc(C)c(CCC(=O)N3CCCC(CN(C(=O)OC(C)(C)C)C(C)C)C3)c(C)n2n1. The van der Waals surface area contributed by atoms with E-state index in [9.17, 15) is 9.59 Å². The van der Waals surface area contributed by atoms with E-state index < -0.39 is 5.60 Å². The summed E-state index contributed by atoms with van der Waals surface area (Å²) in [5.41, 5.74) is 4.35. The highest BCUT2D eigenvalue weighted by Gasteiger charge is 2.30. The number of ether oxygens (including phenoxy) is 1. The van der Waals surface area contributed by atoms with Crippen LogP contribution in [0.1, 0.15) is 76.5 Å². The third-order valence-electron chi connectivity index (χ3n) is 6.45. The second-order valence-corrected chi connectivity index (χ2v) is 10.9. The molecule has 0 N–H and O–H groups in total. The molecule has 0 aliphatic carbocycles. The van der Waals surface area contributed by atoms with Crippen molar-refractivity contribution in [1.29, 1.82) is 0 Å². The molecule has 3 rings (SSSR count). The molecule has 8 nitrogen and oxygen atoms in total. The van der Waals surface area contributed by atoms with Crippen LogP contribution in [-0.2, 0) is 16.0 Å². The summed E-state index contributed by atoms with van der Waals surface area (Å²) in [5, 5.41) is 4.54. The molecule has 188 valence electrons. The lowest BCUT2D eigenvalue weighted by Gasteiger charge is -2.37. The number of nitrogens with zero attached hydrogens (tertiary/aromatic N) is 5. The van der Waals surface area contributed by atoms with E-state index in [-0.39, 0.29) is 24.0 Å². The molecule has 2 aromatic heterocycles. The summed E-state index contributed by atoms with van der Waals surface area (Å²) in [6, 6.07) is 2.01. The van der Waals surface area contributed by atoms with Gasteiger partial charge in [-0.2, -0.15) is 5.10 Å². The van der Waals surface area contributed by atoms with E-state index in [0.29, 0.717) is 25.9 Å². The van der Waals surface area contributed by atoms with E-state index in [2.05, 4.69) is 10.1 Å². The predicted octanol–water partition coefficient (Wildman–Crippen LogP) is 4.47. The van der Waals surface area contributed by atoms with Gasteiger partial charge in [-0.15, -0.1) is 0 Å². The number of likely N-dealkylation sites (tertiary alicyclic amines) is 1. The minimum atomic E-state index is -0.526. The molecule has 0 aromatic carbocycles. The second-order valence-electron chi connectivity index (χ2n) is 10.9. The molecule has 2 amide bonds. The van der Waals surface area contributed by atoms with Crippen LogP contribution in [0, 0.1) is 26.7 Å². The van der Waals surface area contributed by atoms with Crippen LogP contribution in [0.3, 0.4) is 0 Å². The van der Waals surface area contributed by atoms with Crippen LogP contribution in [0.25, 0.3) is 5.65 Å². The molecule has 0 saturated carbocycles. The van der Waals surface area contributed by atoms with Gasteiger partial charge in [-0.1, -0.05) is 0 Å². The highest BCUT2D eigenvalue weighted by atomic mass is 16.6. The van der Waals surface area contributed by atoms with Crippen LogP contribution in [-0.4, -0.2) is 67.7 Å². The Morgan fingerprint density at radius 2 is 1.94 bits per heavy atom. The summed E-state index contributed by atoms with van der Waals surface area (Å²) < 4.78 is 7.48. The second kappa shape index (κ2) is 10.3. The van der Waals surface area contributed by atoms with Crippen LogP contribution in [0.5, 0.6) is 0 Å². The summed E-state index contributed by atoms with van der Waals surface area (Å²) in [6.07, 6.45) is 2.77. The summed E-state index contributed by atoms with van der Waals surface area (Å²) in [6.45, 7) is 17.7. The summed E-state index contributed by atoms with van der Waals surface area (Å²) in [4.78, 5) is 34.3. The van der Waals surface area contributed by atoms with Crippen molar-refractivity contribution in [3.63, 3.8) is 0 Å². The first-order chi connectivity index (χ1) is 15.9. The Kier molecular flexibility index (Phi) is 7.88. The van der Waals surface area contributed by atoms with Crippen LogP contribution in [0.4, 0.5) is 4.79 Å². The van der Waals surface area contributed by atoms with Crippen molar-refractivity contribution in [3.8, 4) is 0 Å². The van der Waals surface area contributed by atoms with Crippen molar-refractivity contribution < 1.29 is 14.3 Å². The fourth-order valence-corrected chi connectivity index (χ4v) is 4.73. The molecule has 1 aliphatic heterocycles. The molecule has 0 bridgehead atoms. The topological polar surface area (TPSA) is 80.0 Å². The van der Waals surface area contributed by atoms with Gasteiger partial charge in [-0.25, -0.2) is 14.3 Å². The molecule has 0 spiro atoms. The monoisotopic (exact) mass is 471 g/mol. The fraction of sp³-hybridized carbons (Fsp3) is 0.692. The van der Waals surface area contributed by atoms with E-state index in [1.807, 2.05) is 70.9 Å². The van der Waals surface area contributed by atoms with Crippen LogP contribution >= 0.6 is 0 Å². The first kappa shape index (κ1) is 26.0.